The molecular formula is C25H33F3N4O3. The SMILES string of the molecule is O=C(NC1CCCCC1)NC1CCN(C(=O)C2CC(=O)N(Cc3cccc(C(F)(F)F)c3)C2)CC1. The summed E-state index contributed by atoms with van der Waals surface area (Å²) in [5.41, 5.74) is -0.363. The molecule has 1 aromatic rings. The molecule has 2 saturated heterocycles. The van der Waals surface area contributed by atoms with Gasteiger partial charge < -0.3 is 20.4 Å². The zero-order valence-corrected chi connectivity index (χ0v) is 19.8. The van der Waals surface area contributed by atoms with Crippen molar-refractivity contribution < 1.29 is 27.6 Å². The Morgan fingerprint density at radius 3 is 2.29 bits per heavy atom. The minimum atomic E-state index is -4.44. The van der Waals surface area contributed by atoms with Gasteiger partial charge in [0.05, 0.1) is 11.5 Å². The van der Waals surface area contributed by atoms with Crippen LogP contribution in [0.15, 0.2) is 24.3 Å². The molecule has 35 heavy (non-hydrogen) atoms. The number of urea groups is 1. The lowest BCUT2D eigenvalue weighted by Crippen LogP contribution is -2.51. The summed E-state index contributed by atoms with van der Waals surface area (Å²) >= 11 is 0. The van der Waals surface area contributed by atoms with Crippen LogP contribution in [0.2, 0.25) is 0 Å². The monoisotopic (exact) mass is 494 g/mol. The Balaban J connectivity index is 1.23. The van der Waals surface area contributed by atoms with Crippen LogP contribution >= 0.6 is 0 Å². The molecule has 0 bridgehead atoms. The normalized spacial score (nSPS) is 22.4. The van der Waals surface area contributed by atoms with Crippen molar-refractivity contribution in [1.82, 2.24) is 20.4 Å². The number of carbonyl (C=O) groups excluding carboxylic acids is 3. The fourth-order valence-electron chi connectivity index (χ4n) is 5.32. The number of hydrogen-bond acceptors (Lipinski definition) is 3. The molecule has 3 fully saturated rings. The Morgan fingerprint density at radius 1 is 0.971 bits per heavy atom. The number of nitrogens with zero attached hydrogens (tertiary/aromatic N) is 2. The number of hydrogen-bond donors (Lipinski definition) is 2. The van der Waals surface area contributed by atoms with Gasteiger partial charge in [0.1, 0.15) is 0 Å². The van der Waals surface area contributed by atoms with Crippen LogP contribution in [0.4, 0.5) is 18.0 Å². The van der Waals surface area contributed by atoms with Crippen LogP contribution in [0, 0.1) is 5.92 Å². The first-order chi connectivity index (χ1) is 16.7. The van der Waals surface area contributed by atoms with Gasteiger partial charge in [-0.25, -0.2) is 4.79 Å². The molecule has 10 heteroatoms. The van der Waals surface area contributed by atoms with Gasteiger partial charge in [-0.2, -0.15) is 13.2 Å². The zero-order valence-electron chi connectivity index (χ0n) is 19.8. The lowest BCUT2D eigenvalue weighted by atomic mass is 9.96. The number of nitrogens with one attached hydrogen (secondary N) is 2. The van der Waals surface area contributed by atoms with Crippen LogP contribution in [0.5, 0.6) is 0 Å². The van der Waals surface area contributed by atoms with Crippen LogP contribution in [0.1, 0.15) is 62.5 Å². The maximum Gasteiger partial charge on any atom is 0.416 e. The van der Waals surface area contributed by atoms with E-state index in [2.05, 4.69) is 10.6 Å². The molecule has 2 heterocycles. The van der Waals surface area contributed by atoms with Crippen molar-refractivity contribution in [2.24, 2.45) is 5.92 Å². The Labute approximate surface area is 203 Å². The van der Waals surface area contributed by atoms with Crippen molar-refractivity contribution in [2.45, 2.75) is 76.2 Å². The number of alkyl halides is 3. The summed E-state index contributed by atoms with van der Waals surface area (Å²) in [5, 5.41) is 6.07. The molecule has 4 rings (SSSR count). The number of halogens is 3. The Hall–Kier alpha value is -2.78. The highest BCUT2D eigenvalue weighted by Gasteiger charge is 2.38. The quantitative estimate of drug-likeness (QED) is 0.655. The van der Waals surface area contributed by atoms with E-state index < -0.39 is 17.7 Å². The third kappa shape index (κ3) is 6.67. The molecule has 1 aromatic carbocycles. The number of likely N-dealkylation sites (tertiary alicyclic amines) is 2. The fraction of sp³-hybridized carbons (Fsp3) is 0.640. The number of benzene rings is 1. The number of carbonyl (C=O) groups is 3. The van der Waals surface area contributed by atoms with Gasteiger partial charge in [-0.15, -0.1) is 0 Å². The highest BCUT2D eigenvalue weighted by atomic mass is 19.4. The molecule has 1 unspecified atom stereocenters. The van der Waals surface area contributed by atoms with Gasteiger partial charge in [0.15, 0.2) is 0 Å². The standard InChI is InChI=1S/C25H33F3N4O3/c26-25(27,28)19-6-4-5-17(13-19)15-32-16-18(14-22(32)33)23(34)31-11-9-21(10-12-31)30-24(35)29-20-7-2-1-3-8-20/h4-6,13,18,20-21H,1-3,7-12,14-16H2,(H2,29,30,35). The Morgan fingerprint density at radius 2 is 1.63 bits per heavy atom. The summed E-state index contributed by atoms with van der Waals surface area (Å²) in [6, 6.07) is 5.03. The second kappa shape index (κ2) is 10.9. The maximum atomic E-state index is 13.0. The third-order valence-corrected chi connectivity index (χ3v) is 7.27. The first-order valence-corrected chi connectivity index (χ1v) is 12.5. The number of amides is 4. The molecule has 4 amide bonds. The second-order valence-corrected chi connectivity index (χ2v) is 9.93. The van der Waals surface area contributed by atoms with Crippen LogP contribution in [0.25, 0.3) is 0 Å². The van der Waals surface area contributed by atoms with E-state index in [1.54, 1.807) is 11.0 Å². The molecular weight excluding hydrogens is 461 g/mol. The lowest BCUT2D eigenvalue weighted by molar-refractivity contribution is -0.138. The predicted molar refractivity (Wildman–Crippen MR) is 123 cm³/mol. The average Bonchev–Trinajstić information content (AvgIpc) is 3.19. The van der Waals surface area contributed by atoms with Crippen LogP contribution in [-0.4, -0.2) is 59.4 Å². The van der Waals surface area contributed by atoms with Gasteiger partial charge >= 0.3 is 12.2 Å². The second-order valence-electron chi connectivity index (χ2n) is 9.93. The third-order valence-electron chi connectivity index (χ3n) is 7.27. The largest absolute Gasteiger partial charge is 0.416 e. The molecule has 2 N–H and O–H groups in total. The van der Waals surface area contributed by atoms with Gasteiger partial charge in [0.2, 0.25) is 11.8 Å². The van der Waals surface area contributed by atoms with E-state index in [0.29, 0.717) is 31.5 Å². The van der Waals surface area contributed by atoms with Gasteiger partial charge in [0.25, 0.3) is 0 Å². The molecule has 1 saturated carbocycles. The average molecular weight is 495 g/mol. The molecule has 2 aliphatic heterocycles. The molecule has 1 aliphatic carbocycles. The smallest absolute Gasteiger partial charge is 0.342 e. The van der Waals surface area contributed by atoms with Gasteiger partial charge in [-0.1, -0.05) is 31.4 Å². The summed E-state index contributed by atoms with van der Waals surface area (Å²) in [6.45, 7) is 1.27. The Bertz CT molecular complexity index is 925. The topological polar surface area (TPSA) is 81.8 Å². The van der Waals surface area contributed by atoms with Crippen molar-refractivity contribution in [3.63, 3.8) is 0 Å². The van der Waals surface area contributed by atoms with Crippen LogP contribution in [0.3, 0.4) is 0 Å². The molecule has 192 valence electrons. The van der Waals surface area contributed by atoms with Crippen molar-refractivity contribution in [3.05, 3.63) is 35.4 Å². The fourth-order valence-corrected chi connectivity index (χ4v) is 5.32. The first kappa shape index (κ1) is 25.3. The molecule has 7 nitrogen and oxygen atoms in total. The molecule has 0 radical (unpaired) electrons. The summed E-state index contributed by atoms with van der Waals surface area (Å²) in [6.07, 6.45) is 2.48. The highest BCUT2D eigenvalue weighted by Crippen LogP contribution is 2.30. The zero-order chi connectivity index (χ0) is 25.0. The van der Waals surface area contributed by atoms with Crippen molar-refractivity contribution in [3.8, 4) is 0 Å². The predicted octanol–water partition coefficient (Wildman–Crippen LogP) is 3.68. The Kier molecular flexibility index (Phi) is 7.86. The van der Waals surface area contributed by atoms with Gasteiger partial charge in [-0.05, 0) is 43.4 Å². The van der Waals surface area contributed by atoms with Gasteiger partial charge in [-0.3, -0.25) is 9.59 Å². The summed E-state index contributed by atoms with van der Waals surface area (Å²) in [5.74, 6) is -0.820. The minimum Gasteiger partial charge on any atom is -0.342 e. The highest BCUT2D eigenvalue weighted by molar-refractivity contribution is 5.89. The summed E-state index contributed by atoms with van der Waals surface area (Å²) < 4.78 is 38.9. The van der Waals surface area contributed by atoms with E-state index in [0.717, 1.165) is 37.8 Å². The van der Waals surface area contributed by atoms with E-state index in [9.17, 15) is 27.6 Å². The summed E-state index contributed by atoms with van der Waals surface area (Å²) in [4.78, 5) is 41.0. The molecule has 0 aromatic heterocycles. The van der Waals surface area contributed by atoms with E-state index in [1.165, 1.54) is 17.4 Å². The first-order valence-electron chi connectivity index (χ1n) is 12.5. The lowest BCUT2D eigenvalue weighted by Gasteiger charge is -2.34. The van der Waals surface area contributed by atoms with E-state index >= 15 is 0 Å². The molecule has 0 spiro atoms. The summed E-state index contributed by atoms with van der Waals surface area (Å²) in [7, 11) is 0. The van der Waals surface area contributed by atoms with E-state index in [4.69, 9.17) is 0 Å². The van der Waals surface area contributed by atoms with Crippen LogP contribution < -0.4 is 10.6 Å². The van der Waals surface area contributed by atoms with Crippen molar-refractivity contribution in [2.75, 3.05) is 19.6 Å². The van der Waals surface area contributed by atoms with Crippen molar-refractivity contribution >= 4 is 17.8 Å². The number of piperidine rings is 1. The molecule has 1 atom stereocenters. The molecule has 3 aliphatic rings. The van der Waals surface area contributed by atoms with Crippen molar-refractivity contribution in [1.29, 1.82) is 0 Å². The maximum absolute atomic E-state index is 13.0. The number of rotatable bonds is 5. The van der Waals surface area contributed by atoms with E-state index in [1.807, 2.05) is 0 Å². The van der Waals surface area contributed by atoms with Gasteiger partial charge in [0, 0.05) is 44.7 Å². The van der Waals surface area contributed by atoms with E-state index in [-0.39, 0.29) is 49.4 Å². The van der Waals surface area contributed by atoms with Crippen LogP contribution in [-0.2, 0) is 22.3 Å². The minimum absolute atomic E-state index is 0.00487.